The van der Waals surface area contributed by atoms with Gasteiger partial charge in [0.25, 0.3) is 5.91 Å². The van der Waals surface area contributed by atoms with Gasteiger partial charge in [0, 0.05) is 36.5 Å². The second-order valence-electron chi connectivity index (χ2n) is 5.43. The molecule has 5 heteroatoms. The van der Waals surface area contributed by atoms with E-state index in [-0.39, 0.29) is 5.91 Å². The lowest BCUT2D eigenvalue weighted by Gasteiger charge is -2.07. The largest absolute Gasteiger partial charge is 0.352 e. The van der Waals surface area contributed by atoms with Crippen molar-refractivity contribution in [2.75, 3.05) is 6.54 Å². The Morgan fingerprint density at radius 1 is 1.23 bits per heavy atom. The zero-order valence-electron chi connectivity index (χ0n) is 13.3. The molecule has 0 atom stereocenters. The van der Waals surface area contributed by atoms with Gasteiger partial charge < -0.3 is 10.6 Å². The predicted molar refractivity (Wildman–Crippen MR) is 87.6 cm³/mol. The lowest BCUT2D eigenvalue weighted by atomic mass is 10.1. The summed E-state index contributed by atoms with van der Waals surface area (Å²) in [5.74, 6) is 0.00183. The maximum atomic E-state index is 11.9. The number of aromatic nitrogens is 2. The van der Waals surface area contributed by atoms with Gasteiger partial charge >= 0.3 is 0 Å². The number of rotatable bonds is 8. The van der Waals surface area contributed by atoms with Gasteiger partial charge in [-0.25, -0.2) is 0 Å². The smallest absolute Gasteiger partial charge is 0.251 e. The SMILES string of the molecule is CCCCNC(=O)c1ccc(CNCc2cn[nH]c2C)cc1. The maximum absolute atomic E-state index is 11.9. The van der Waals surface area contributed by atoms with Crippen molar-refractivity contribution < 1.29 is 4.79 Å². The summed E-state index contributed by atoms with van der Waals surface area (Å²) in [6, 6.07) is 7.73. The van der Waals surface area contributed by atoms with Crippen LogP contribution in [-0.4, -0.2) is 22.6 Å². The van der Waals surface area contributed by atoms with E-state index >= 15 is 0 Å². The third-order valence-electron chi connectivity index (χ3n) is 3.61. The number of nitrogens with one attached hydrogen (secondary N) is 3. The highest BCUT2D eigenvalue weighted by Gasteiger charge is 2.04. The van der Waals surface area contributed by atoms with Gasteiger partial charge in [-0.1, -0.05) is 25.5 Å². The number of carbonyl (C=O) groups excluding carboxylic acids is 1. The minimum atomic E-state index is 0.00183. The molecule has 0 saturated heterocycles. The van der Waals surface area contributed by atoms with E-state index in [4.69, 9.17) is 0 Å². The summed E-state index contributed by atoms with van der Waals surface area (Å²) < 4.78 is 0. The van der Waals surface area contributed by atoms with Crippen LogP contribution >= 0.6 is 0 Å². The Morgan fingerprint density at radius 2 is 2.00 bits per heavy atom. The second kappa shape index (κ2) is 8.34. The standard InChI is InChI=1S/C17H24N4O/c1-3-4-9-19-17(22)15-7-5-14(6-8-15)10-18-11-16-12-20-21-13(16)2/h5-8,12,18H,3-4,9-11H2,1-2H3,(H,19,22)(H,20,21). The third kappa shape index (κ3) is 4.70. The van der Waals surface area contributed by atoms with E-state index in [1.165, 1.54) is 5.56 Å². The fourth-order valence-corrected chi connectivity index (χ4v) is 2.15. The molecule has 0 radical (unpaired) electrons. The molecule has 1 aromatic carbocycles. The molecular formula is C17H24N4O. The molecule has 1 heterocycles. The Kier molecular flexibility index (Phi) is 6.15. The fraction of sp³-hybridized carbons (Fsp3) is 0.412. The molecule has 0 unspecified atom stereocenters. The van der Waals surface area contributed by atoms with Crippen molar-refractivity contribution in [3.8, 4) is 0 Å². The average Bonchev–Trinajstić information content (AvgIpc) is 2.93. The van der Waals surface area contributed by atoms with Crippen molar-refractivity contribution in [1.29, 1.82) is 0 Å². The molecule has 5 nitrogen and oxygen atoms in total. The van der Waals surface area contributed by atoms with Gasteiger partial charge in [-0.15, -0.1) is 0 Å². The first kappa shape index (κ1) is 16.2. The number of nitrogens with zero attached hydrogens (tertiary/aromatic N) is 1. The summed E-state index contributed by atoms with van der Waals surface area (Å²) in [7, 11) is 0. The van der Waals surface area contributed by atoms with E-state index in [1.54, 1.807) is 0 Å². The number of aryl methyl sites for hydroxylation is 1. The summed E-state index contributed by atoms with van der Waals surface area (Å²) >= 11 is 0. The third-order valence-corrected chi connectivity index (χ3v) is 3.61. The van der Waals surface area contributed by atoms with Crippen LogP contribution in [0.4, 0.5) is 0 Å². The van der Waals surface area contributed by atoms with Gasteiger partial charge in [0.1, 0.15) is 0 Å². The molecule has 0 aliphatic rings. The quantitative estimate of drug-likeness (QED) is 0.656. The molecule has 0 bridgehead atoms. The zero-order chi connectivity index (χ0) is 15.8. The highest BCUT2D eigenvalue weighted by atomic mass is 16.1. The number of unbranched alkanes of at least 4 members (excludes halogenated alkanes) is 1. The Balaban J connectivity index is 1.79. The molecule has 1 aromatic heterocycles. The predicted octanol–water partition coefficient (Wildman–Crippen LogP) is 2.54. The molecule has 2 aromatic rings. The van der Waals surface area contributed by atoms with Crippen LogP contribution in [0.25, 0.3) is 0 Å². The van der Waals surface area contributed by atoms with Crippen LogP contribution in [0.3, 0.4) is 0 Å². The second-order valence-corrected chi connectivity index (χ2v) is 5.43. The minimum Gasteiger partial charge on any atom is -0.352 e. The van der Waals surface area contributed by atoms with E-state index in [2.05, 4.69) is 27.8 Å². The van der Waals surface area contributed by atoms with Gasteiger partial charge in [0.15, 0.2) is 0 Å². The van der Waals surface area contributed by atoms with E-state index in [0.717, 1.165) is 43.7 Å². The fourth-order valence-electron chi connectivity index (χ4n) is 2.15. The van der Waals surface area contributed by atoms with Crippen LogP contribution < -0.4 is 10.6 Å². The Labute approximate surface area is 131 Å². The lowest BCUT2D eigenvalue weighted by molar-refractivity contribution is 0.0953. The molecule has 0 fully saturated rings. The number of H-pyrrole nitrogens is 1. The Morgan fingerprint density at radius 3 is 2.64 bits per heavy atom. The number of hydrogen-bond donors (Lipinski definition) is 3. The number of hydrogen-bond acceptors (Lipinski definition) is 3. The van der Waals surface area contributed by atoms with Gasteiger partial charge in [-0.3, -0.25) is 9.89 Å². The maximum Gasteiger partial charge on any atom is 0.251 e. The van der Waals surface area contributed by atoms with Gasteiger partial charge in [0.2, 0.25) is 0 Å². The van der Waals surface area contributed by atoms with Crippen LogP contribution in [0, 0.1) is 6.92 Å². The average molecular weight is 300 g/mol. The van der Waals surface area contributed by atoms with Crippen molar-refractivity contribution in [2.24, 2.45) is 0 Å². The van der Waals surface area contributed by atoms with E-state index in [1.807, 2.05) is 37.4 Å². The topological polar surface area (TPSA) is 69.8 Å². The first-order chi connectivity index (χ1) is 10.7. The molecule has 0 spiro atoms. The summed E-state index contributed by atoms with van der Waals surface area (Å²) in [5, 5.41) is 13.2. The highest BCUT2D eigenvalue weighted by molar-refractivity contribution is 5.94. The number of carbonyl (C=O) groups is 1. The first-order valence-electron chi connectivity index (χ1n) is 7.77. The number of aromatic amines is 1. The van der Waals surface area contributed by atoms with Gasteiger partial charge in [-0.2, -0.15) is 5.10 Å². The summed E-state index contributed by atoms with van der Waals surface area (Å²) in [6.45, 7) is 6.40. The molecule has 0 aliphatic heterocycles. The Hall–Kier alpha value is -2.14. The zero-order valence-corrected chi connectivity index (χ0v) is 13.3. The molecule has 0 aliphatic carbocycles. The van der Waals surface area contributed by atoms with Crippen molar-refractivity contribution in [2.45, 2.75) is 39.8 Å². The normalized spacial score (nSPS) is 10.6. The van der Waals surface area contributed by atoms with Crippen LogP contribution in [0.15, 0.2) is 30.5 Å². The molecule has 2 rings (SSSR count). The van der Waals surface area contributed by atoms with Crippen molar-refractivity contribution in [3.63, 3.8) is 0 Å². The molecule has 1 amide bonds. The molecule has 0 saturated carbocycles. The van der Waals surface area contributed by atoms with E-state index < -0.39 is 0 Å². The van der Waals surface area contributed by atoms with Crippen LogP contribution in [0.5, 0.6) is 0 Å². The highest BCUT2D eigenvalue weighted by Crippen LogP contribution is 2.06. The summed E-state index contributed by atoms with van der Waals surface area (Å²) in [5.41, 5.74) is 4.13. The molecule has 118 valence electrons. The molecular weight excluding hydrogens is 276 g/mol. The van der Waals surface area contributed by atoms with E-state index in [9.17, 15) is 4.79 Å². The van der Waals surface area contributed by atoms with Crippen LogP contribution in [0.2, 0.25) is 0 Å². The van der Waals surface area contributed by atoms with Crippen molar-refractivity contribution in [3.05, 3.63) is 52.8 Å². The summed E-state index contributed by atoms with van der Waals surface area (Å²) in [6.07, 6.45) is 3.94. The summed E-state index contributed by atoms with van der Waals surface area (Å²) in [4.78, 5) is 11.9. The van der Waals surface area contributed by atoms with Crippen molar-refractivity contribution >= 4 is 5.91 Å². The van der Waals surface area contributed by atoms with Crippen molar-refractivity contribution in [1.82, 2.24) is 20.8 Å². The number of amides is 1. The minimum absolute atomic E-state index is 0.00183. The first-order valence-corrected chi connectivity index (χ1v) is 7.77. The molecule has 3 N–H and O–H groups in total. The number of benzene rings is 1. The lowest BCUT2D eigenvalue weighted by Crippen LogP contribution is -2.24. The van der Waals surface area contributed by atoms with Crippen LogP contribution in [-0.2, 0) is 13.1 Å². The van der Waals surface area contributed by atoms with Gasteiger partial charge in [-0.05, 0) is 31.0 Å². The van der Waals surface area contributed by atoms with Crippen LogP contribution in [0.1, 0.15) is 46.9 Å². The Bertz CT molecular complexity index is 589. The van der Waals surface area contributed by atoms with Gasteiger partial charge in [0.05, 0.1) is 6.20 Å². The van der Waals surface area contributed by atoms with E-state index in [0.29, 0.717) is 5.56 Å². The monoisotopic (exact) mass is 300 g/mol. The molecule has 22 heavy (non-hydrogen) atoms.